The molecule has 22 heavy (non-hydrogen) atoms. The van der Waals surface area contributed by atoms with Crippen molar-refractivity contribution in [2.75, 3.05) is 0 Å². The third-order valence-corrected chi connectivity index (χ3v) is 14.6. The Morgan fingerprint density at radius 3 is 2.27 bits per heavy atom. The third kappa shape index (κ3) is 2.93. The van der Waals surface area contributed by atoms with Gasteiger partial charge in [0.15, 0.2) is 0 Å². The number of rotatable bonds is 4. The summed E-state index contributed by atoms with van der Waals surface area (Å²) in [5.74, 6) is 1.03. The second-order valence-corrected chi connectivity index (χ2v) is 17.0. The lowest BCUT2D eigenvalue weighted by atomic mass is 10.1. The van der Waals surface area contributed by atoms with E-state index in [9.17, 15) is 0 Å². The molecule has 2 rings (SSSR count). The summed E-state index contributed by atoms with van der Waals surface area (Å²) < 4.78 is 12.9. The molecule has 0 aliphatic carbocycles. The molecule has 2 nitrogen and oxygen atoms in total. The molecule has 0 fully saturated rings. The van der Waals surface area contributed by atoms with Gasteiger partial charge in [0.25, 0.3) is 0 Å². The minimum Gasteiger partial charge on any atom is -0.543 e. The highest BCUT2D eigenvalue weighted by molar-refractivity contribution is 6.87. The summed E-state index contributed by atoms with van der Waals surface area (Å²) in [5.41, 5.74) is 1.37. The molecule has 0 N–H and O–H groups in total. The lowest BCUT2D eigenvalue weighted by molar-refractivity contribution is 0.232. The predicted molar refractivity (Wildman–Crippen MR) is 100 cm³/mol. The van der Waals surface area contributed by atoms with Crippen LogP contribution in [0.5, 0.6) is 5.75 Å². The standard InChI is InChI=1S/C18H32O2Si2/c1-9-22(10-2)17-12-11-15(13-16(17)14(3)19-22)20-21(7,8)18(4,5)6/h11-14H,9-10H2,1-8H3. The SMILES string of the molecule is CC[Si]1(CC)OC(C)c2cc(O[Si](C)(C)C(C)(C)C)ccc21. The molecule has 0 saturated carbocycles. The molecule has 0 spiro atoms. The van der Waals surface area contributed by atoms with Crippen molar-refractivity contribution in [3.05, 3.63) is 23.8 Å². The number of hydrogen-bond acceptors (Lipinski definition) is 2. The number of hydrogen-bond donors (Lipinski definition) is 0. The fraction of sp³-hybridized carbons (Fsp3) is 0.667. The summed E-state index contributed by atoms with van der Waals surface area (Å²) in [4.78, 5) is 0. The molecular formula is C18H32O2Si2. The van der Waals surface area contributed by atoms with Crippen molar-refractivity contribution in [2.45, 2.75) is 77.9 Å². The molecule has 0 radical (unpaired) electrons. The Morgan fingerprint density at radius 1 is 1.18 bits per heavy atom. The van der Waals surface area contributed by atoms with Gasteiger partial charge < -0.3 is 8.85 Å². The minimum atomic E-state index is -1.78. The number of fused-ring (bicyclic) bond motifs is 1. The van der Waals surface area contributed by atoms with Crippen molar-refractivity contribution in [1.82, 2.24) is 0 Å². The number of benzene rings is 1. The molecule has 1 aromatic rings. The molecule has 1 aromatic carbocycles. The molecule has 1 heterocycles. The fourth-order valence-electron chi connectivity index (χ4n) is 3.07. The largest absolute Gasteiger partial charge is 0.543 e. The highest BCUT2D eigenvalue weighted by Gasteiger charge is 2.44. The molecule has 4 heteroatoms. The van der Waals surface area contributed by atoms with Crippen LogP contribution in [-0.2, 0) is 4.43 Å². The van der Waals surface area contributed by atoms with Crippen molar-refractivity contribution >= 4 is 21.8 Å². The lowest BCUT2D eigenvalue weighted by Crippen LogP contribution is -2.46. The summed E-state index contributed by atoms with van der Waals surface area (Å²) in [6, 6.07) is 9.03. The molecule has 0 saturated heterocycles. The van der Waals surface area contributed by atoms with E-state index in [0.29, 0.717) is 0 Å². The Labute approximate surface area is 138 Å². The summed E-state index contributed by atoms with van der Waals surface area (Å²) in [7, 11) is -3.51. The van der Waals surface area contributed by atoms with Gasteiger partial charge in [-0.05, 0) is 60.0 Å². The van der Waals surface area contributed by atoms with Gasteiger partial charge in [-0.2, -0.15) is 0 Å². The van der Waals surface area contributed by atoms with E-state index in [4.69, 9.17) is 8.85 Å². The quantitative estimate of drug-likeness (QED) is 0.690. The maximum absolute atomic E-state index is 6.47. The van der Waals surface area contributed by atoms with Crippen LogP contribution >= 0.6 is 0 Å². The van der Waals surface area contributed by atoms with Gasteiger partial charge in [-0.3, -0.25) is 0 Å². The second kappa shape index (κ2) is 5.80. The molecule has 124 valence electrons. The van der Waals surface area contributed by atoms with Crippen LogP contribution in [0, 0.1) is 0 Å². The van der Waals surface area contributed by atoms with Crippen molar-refractivity contribution in [3.8, 4) is 5.75 Å². The Kier molecular flexibility index (Phi) is 4.68. The van der Waals surface area contributed by atoms with Crippen LogP contribution in [0.4, 0.5) is 0 Å². The van der Waals surface area contributed by atoms with E-state index in [-0.39, 0.29) is 11.1 Å². The van der Waals surface area contributed by atoms with E-state index < -0.39 is 16.6 Å². The van der Waals surface area contributed by atoms with Crippen LogP contribution in [0.2, 0.25) is 30.2 Å². The fourth-order valence-corrected chi connectivity index (χ4v) is 7.80. The Hall–Kier alpha value is -0.586. The van der Waals surface area contributed by atoms with Crippen molar-refractivity contribution in [1.29, 1.82) is 0 Å². The Bertz CT molecular complexity index is 543. The van der Waals surface area contributed by atoms with Gasteiger partial charge in [-0.1, -0.05) is 40.7 Å². The summed E-state index contributed by atoms with van der Waals surface area (Å²) >= 11 is 0. The summed E-state index contributed by atoms with van der Waals surface area (Å²) in [5, 5.41) is 1.71. The molecule has 0 aromatic heterocycles. The van der Waals surface area contributed by atoms with Gasteiger partial charge in [0, 0.05) is 0 Å². The first-order chi connectivity index (χ1) is 10.1. The first-order valence-electron chi connectivity index (χ1n) is 8.57. The molecule has 1 atom stereocenters. The van der Waals surface area contributed by atoms with Crippen LogP contribution in [0.1, 0.15) is 53.2 Å². The lowest BCUT2D eigenvalue weighted by Gasteiger charge is -2.36. The van der Waals surface area contributed by atoms with E-state index in [0.717, 1.165) is 17.8 Å². The monoisotopic (exact) mass is 336 g/mol. The van der Waals surface area contributed by atoms with E-state index in [1.165, 1.54) is 10.8 Å². The van der Waals surface area contributed by atoms with Gasteiger partial charge in [-0.15, -0.1) is 0 Å². The predicted octanol–water partition coefficient (Wildman–Crippen LogP) is 5.35. The highest BCUT2D eigenvalue weighted by Crippen LogP contribution is 2.40. The molecular weight excluding hydrogens is 304 g/mol. The zero-order valence-electron chi connectivity index (χ0n) is 15.5. The topological polar surface area (TPSA) is 18.5 Å². The Morgan fingerprint density at radius 2 is 1.77 bits per heavy atom. The van der Waals surface area contributed by atoms with Gasteiger partial charge in [0.1, 0.15) is 5.75 Å². The summed E-state index contributed by atoms with van der Waals surface area (Å²) in [6.45, 7) is 18.2. The first kappa shape index (κ1) is 17.8. The molecule has 0 bridgehead atoms. The third-order valence-electron chi connectivity index (χ3n) is 5.68. The second-order valence-electron chi connectivity index (χ2n) is 8.07. The average molecular weight is 337 g/mol. The van der Waals surface area contributed by atoms with Crippen LogP contribution in [0.3, 0.4) is 0 Å². The van der Waals surface area contributed by atoms with Crippen LogP contribution in [0.15, 0.2) is 18.2 Å². The van der Waals surface area contributed by atoms with E-state index in [1.54, 1.807) is 0 Å². The molecule has 0 amide bonds. The van der Waals surface area contributed by atoms with Gasteiger partial charge in [0.2, 0.25) is 16.6 Å². The van der Waals surface area contributed by atoms with E-state index in [1.807, 2.05) is 0 Å². The van der Waals surface area contributed by atoms with Gasteiger partial charge >= 0.3 is 0 Å². The van der Waals surface area contributed by atoms with Crippen molar-refractivity contribution in [2.24, 2.45) is 0 Å². The minimum absolute atomic E-state index is 0.213. The highest BCUT2D eigenvalue weighted by atomic mass is 28.4. The van der Waals surface area contributed by atoms with Crippen molar-refractivity contribution < 1.29 is 8.85 Å². The normalized spacial score (nSPS) is 20.8. The maximum atomic E-state index is 6.47. The van der Waals surface area contributed by atoms with Gasteiger partial charge in [0.05, 0.1) is 6.10 Å². The molecule has 1 aliphatic heterocycles. The maximum Gasteiger partial charge on any atom is 0.250 e. The Balaban J connectivity index is 2.36. The molecule has 1 aliphatic rings. The van der Waals surface area contributed by atoms with E-state index in [2.05, 4.69) is 72.8 Å². The van der Waals surface area contributed by atoms with Crippen LogP contribution < -0.4 is 9.61 Å². The summed E-state index contributed by atoms with van der Waals surface area (Å²) in [6.07, 6.45) is 0.213. The van der Waals surface area contributed by atoms with Crippen LogP contribution in [0.25, 0.3) is 0 Å². The van der Waals surface area contributed by atoms with Crippen molar-refractivity contribution in [3.63, 3.8) is 0 Å². The van der Waals surface area contributed by atoms with E-state index >= 15 is 0 Å². The van der Waals surface area contributed by atoms with Gasteiger partial charge in [-0.25, -0.2) is 0 Å². The molecule has 1 unspecified atom stereocenters. The van der Waals surface area contributed by atoms with Crippen LogP contribution in [-0.4, -0.2) is 16.6 Å². The zero-order chi connectivity index (χ0) is 16.8. The zero-order valence-corrected chi connectivity index (χ0v) is 17.5. The smallest absolute Gasteiger partial charge is 0.250 e. The average Bonchev–Trinajstić information content (AvgIpc) is 2.70. The first-order valence-corrected chi connectivity index (χ1v) is 13.8.